The average molecular weight is 217 g/mol. The van der Waals surface area contributed by atoms with Crippen LogP contribution in [-0.4, -0.2) is 0 Å². The van der Waals surface area contributed by atoms with Crippen molar-refractivity contribution in [2.24, 2.45) is 0 Å². The fraction of sp³-hybridized carbons (Fsp3) is 0.562. The summed E-state index contributed by atoms with van der Waals surface area (Å²) in [5.41, 5.74) is 1.53. The number of hydrogen-bond donors (Lipinski definition) is 0. The summed E-state index contributed by atoms with van der Waals surface area (Å²) in [6, 6.07) is 11.0. The minimum atomic E-state index is 0.774. The quantitative estimate of drug-likeness (QED) is 0.514. The summed E-state index contributed by atoms with van der Waals surface area (Å²) >= 11 is 0. The summed E-state index contributed by atoms with van der Waals surface area (Å²) in [6.45, 7) is 6.18. The van der Waals surface area contributed by atoms with Crippen LogP contribution in [0.2, 0.25) is 0 Å². The van der Waals surface area contributed by atoms with Crippen LogP contribution in [-0.2, 0) is 0 Å². The molecule has 16 heavy (non-hydrogen) atoms. The van der Waals surface area contributed by atoms with Crippen LogP contribution in [0.1, 0.15) is 63.4 Å². The highest BCUT2D eigenvalue weighted by molar-refractivity contribution is 5.19. The fourth-order valence-electron chi connectivity index (χ4n) is 2.30. The van der Waals surface area contributed by atoms with Crippen molar-refractivity contribution in [1.82, 2.24) is 0 Å². The Labute approximate surface area is 101 Å². The van der Waals surface area contributed by atoms with Crippen molar-refractivity contribution in [3.05, 3.63) is 42.8 Å². The molecule has 0 nitrogen and oxygen atoms in total. The molecule has 0 spiro atoms. The van der Waals surface area contributed by atoms with Crippen molar-refractivity contribution >= 4 is 0 Å². The van der Waals surface area contributed by atoms with Gasteiger partial charge in [-0.2, -0.15) is 0 Å². The van der Waals surface area contributed by atoms with Crippen molar-refractivity contribution in [1.29, 1.82) is 0 Å². The van der Waals surface area contributed by atoms with E-state index in [-0.39, 0.29) is 0 Å². The van der Waals surface area contributed by atoms with Gasteiger partial charge in [-0.1, -0.05) is 76.3 Å². The van der Waals surface area contributed by atoms with Crippen LogP contribution in [0.5, 0.6) is 0 Å². The van der Waals surface area contributed by atoms with Crippen molar-refractivity contribution in [2.75, 3.05) is 0 Å². The lowest BCUT2D eigenvalue weighted by molar-refractivity contribution is 0.524. The van der Waals surface area contributed by atoms with E-state index in [0.717, 1.165) is 12.3 Å². The van der Waals surface area contributed by atoms with Crippen LogP contribution < -0.4 is 0 Å². The van der Waals surface area contributed by atoms with Crippen molar-refractivity contribution in [2.45, 2.75) is 57.8 Å². The molecule has 1 atom stereocenters. The minimum absolute atomic E-state index is 0.774. The van der Waals surface area contributed by atoms with E-state index in [1.54, 1.807) is 0 Å². The van der Waals surface area contributed by atoms with Gasteiger partial charge in [-0.3, -0.25) is 0 Å². The van der Waals surface area contributed by atoms with Gasteiger partial charge in [0.25, 0.3) is 0 Å². The van der Waals surface area contributed by atoms with Gasteiger partial charge in [-0.05, 0) is 24.3 Å². The summed E-state index contributed by atoms with van der Waals surface area (Å²) in [5, 5.41) is 0. The van der Waals surface area contributed by atoms with E-state index in [1.165, 1.54) is 44.1 Å². The standard InChI is InChI=1S/C16H25/c1-3-5-6-8-12-15(11-4-2)16-13-9-7-10-14-16/h7,9-10,13-15H,1,3-6,8,11-12H2,2H3. The highest BCUT2D eigenvalue weighted by Crippen LogP contribution is 2.27. The second kappa shape index (κ2) is 8.38. The zero-order valence-electron chi connectivity index (χ0n) is 10.6. The normalized spacial score (nSPS) is 12.6. The molecular weight excluding hydrogens is 192 g/mol. The van der Waals surface area contributed by atoms with Gasteiger partial charge in [0.15, 0.2) is 0 Å². The molecule has 1 aromatic carbocycles. The molecule has 1 aromatic rings. The molecule has 0 N–H and O–H groups in total. The molecule has 0 heteroatoms. The maximum atomic E-state index is 3.90. The van der Waals surface area contributed by atoms with Crippen molar-refractivity contribution < 1.29 is 0 Å². The lowest BCUT2D eigenvalue weighted by Gasteiger charge is -2.16. The molecule has 0 bridgehead atoms. The van der Waals surface area contributed by atoms with Gasteiger partial charge in [-0.25, -0.2) is 0 Å². The van der Waals surface area contributed by atoms with Crippen molar-refractivity contribution in [3.63, 3.8) is 0 Å². The number of rotatable bonds is 8. The third kappa shape index (κ3) is 4.83. The molecule has 1 rings (SSSR count). The summed E-state index contributed by atoms with van der Waals surface area (Å²) < 4.78 is 0. The maximum Gasteiger partial charge on any atom is -0.0162 e. The first-order valence-corrected chi connectivity index (χ1v) is 6.72. The summed E-state index contributed by atoms with van der Waals surface area (Å²) in [7, 11) is 0. The average Bonchev–Trinajstić information content (AvgIpc) is 2.34. The van der Waals surface area contributed by atoms with Gasteiger partial charge < -0.3 is 0 Å². The van der Waals surface area contributed by atoms with Gasteiger partial charge in [-0.15, -0.1) is 0 Å². The van der Waals surface area contributed by atoms with E-state index in [9.17, 15) is 0 Å². The van der Waals surface area contributed by atoms with Gasteiger partial charge in [0.05, 0.1) is 0 Å². The van der Waals surface area contributed by atoms with Crippen LogP contribution in [0.25, 0.3) is 0 Å². The van der Waals surface area contributed by atoms with Crippen LogP contribution in [0.3, 0.4) is 0 Å². The Balaban J connectivity index is 2.41. The molecule has 0 saturated carbocycles. The van der Waals surface area contributed by atoms with Crippen molar-refractivity contribution in [3.8, 4) is 0 Å². The third-order valence-electron chi connectivity index (χ3n) is 3.21. The molecule has 0 aliphatic rings. The highest BCUT2D eigenvalue weighted by atomic mass is 14.1. The predicted octanol–water partition coefficient (Wildman–Crippen LogP) is 5.35. The van der Waals surface area contributed by atoms with Gasteiger partial charge in [0.1, 0.15) is 0 Å². The zero-order chi connectivity index (χ0) is 11.6. The largest absolute Gasteiger partial charge is 0.0654 e. The van der Waals surface area contributed by atoms with Gasteiger partial charge in [0.2, 0.25) is 0 Å². The lowest BCUT2D eigenvalue weighted by Crippen LogP contribution is -1.98. The smallest absolute Gasteiger partial charge is 0.0162 e. The maximum absolute atomic E-state index is 3.90. The number of unbranched alkanes of at least 4 members (excludes halogenated alkanes) is 3. The first-order chi connectivity index (χ1) is 7.88. The Morgan fingerprint density at radius 2 is 1.75 bits per heavy atom. The van der Waals surface area contributed by atoms with Gasteiger partial charge in [0, 0.05) is 0 Å². The number of benzene rings is 1. The molecule has 1 unspecified atom stereocenters. The molecule has 0 saturated heterocycles. The fourth-order valence-corrected chi connectivity index (χ4v) is 2.30. The minimum Gasteiger partial charge on any atom is -0.0654 e. The SMILES string of the molecule is [CH2]CCCCCC(CCC)c1ccccc1. The first-order valence-electron chi connectivity index (χ1n) is 6.72. The summed E-state index contributed by atoms with van der Waals surface area (Å²) in [5.74, 6) is 0.774. The van der Waals surface area contributed by atoms with E-state index in [1.807, 2.05) is 0 Å². The summed E-state index contributed by atoms with van der Waals surface area (Å²) in [6.07, 6.45) is 9.03. The molecule has 89 valence electrons. The molecule has 0 fully saturated rings. The third-order valence-corrected chi connectivity index (χ3v) is 3.21. The van der Waals surface area contributed by atoms with E-state index in [4.69, 9.17) is 0 Å². The monoisotopic (exact) mass is 217 g/mol. The van der Waals surface area contributed by atoms with Crippen LogP contribution in [0, 0.1) is 6.92 Å². The molecule has 0 heterocycles. The van der Waals surface area contributed by atoms with E-state index < -0.39 is 0 Å². The molecule has 0 aliphatic heterocycles. The second-order valence-electron chi connectivity index (χ2n) is 4.60. The van der Waals surface area contributed by atoms with Gasteiger partial charge >= 0.3 is 0 Å². The lowest BCUT2D eigenvalue weighted by atomic mass is 9.89. The van der Waals surface area contributed by atoms with Crippen LogP contribution in [0.4, 0.5) is 0 Å². The van der Waals surface area contributed by atoms with E-state index in [0.29, 0.717) is 0 Å². The second-order valence-corrected chi connectivity index (χ2v) is 4.60. The Hall–Kier alpha value is -0.780. The van der Waals surface area contributed by atoms with Crippen LogP contribution in [0.15, 0.2) is 30.3 Å². The molecule has 1 radical (unpaired) electrons. The molecule has 0 aromatic heterocycles. The Kier molecular flexibility index (Phi) is 6.96. The molecular formula is C16H25. The Bertz CT molecular complexity index is 250. The molecule has 0 amide bonds. The topological polar surface area (TPSA) is 0 Å². The Morgan fingerprint density at radius 3 is 2.38 bits per heavy atom. The Morgan fingerprint density at radius 1 is 1.00 bits per heavy atom. The van der Waals surface area contributed by atoms with Crippen LogP contribution >= 0.6 is 0 Å². The molecule has 0 aliphatic carbocycles. The first kappa shape index (κ1) is 13.3. The predicted molar refractivity (Wildman–Crippen MR) is 72.5 cm³/mol. The highest BCUT2D eigenvalue weighted by Gasteiger charge is 2.09. The number of hydrogen-bond acceptors (Lipinski definition) is 0. The zero-order valence-corrected chi connectivity index (χ0v) is 10.6. The van der Waals surface area contributed by atoms with E-state index in [2.05, 4.69) is 44.2 Å². The summed E-state index contributed by atoms with van der Waals surface area (Å²) in [4.78, 5) is 0. The van der Waals surface area contributed by atoms with E-state index >= 15 is 0 Å².